The lowest BCUT2D eigenvalue weighted by Gasteiger charge is -2.39. The first-order valence-corrected chi connectivity index (χ1v) is 11.5. The van der Waals surface area contributed by atoms with Crippen LogP contribution in [0.4, 0.5) is 0 Å². The van der Waals surface area contributed by atoms with E-state index in [0.717, 1.165) is 12.1 Å². The maximum atomic E-state index is 12.7. The van der Waals surface area contributed by atoms with E-state index in [-0.39, 0.29) is 23.3 Å². The smallest absolute Gasteiger partial charge is 0.325 e. The molecule has 2 heterocycles. The third-order valence-corrected chi connectivity index (χ3v) is 5.77. The maximum Gasteiger partial charge on any atom is 0.325 e. The Kier molecular flexibility index (Phi) is 7.83. The minimum absolute atomic E-state index is 0.0765. The summed E-state index contributed by atoms with van der Waals surface area (Å²) in [6, 6.07) is 10.8. The van der Waals surface area contributed by atoms with Crippen LogP contribution in [0.2, 0.25) is 0 Å². The van der Waals surface area contributed by atoms with E-state index in [1.807, 2.05) is 0 Å². The van der Waals surface area contributed by atoms with Crippen LogP contribution < -0.4 is 15.5 Å². The Morgan fingerprint density at radius 3 is 2.39 bits per heavy atom. The number of carbonyl (C=O) groups is 2. The van der Waals surface area contributed by atoms with Crippen molar-refractivity contribution in [1.82, 2.24) is 5.32 Å². The second-order valence-electron chi connectivity index (χ2n) is 8.32. The van der Waals surface area contributed by atoms with Gasteiger partial charge in [0.15, 0.2) is 23.0 Å². The number of nitrogens with one attached hydrogen (secondary N) is 1. The molecule has 1 amide bonds. The Labute approximate surface area is 214 Å². The number of aromatic hydroxyl groups is 2. The Balaban J connectivity index is 1.63. The van der Waals surface area contributed by atoms with Gasteiger partial charge in [-0.1, -0.05) is 30.3 Å². The van der Waals surface area contributed by atoms with Gasteiger partial charge in [0.1, 0.15) is 41.6 Å². The zero-order chi connectivity index (χ0) is 27.6. The fourth-order valence-electron chi connectivity index (χ4n) is 3.86. The van der Waals surface area contributed by atoms with E-state index in [2.05, 4.69) is 5.32 Å². The van der Waals surface area contributed by atoms with Crippen LogP contribution in [0.15, 0.2) is 51.7 Å². The van der Waals surface area contributed by atoms with Crippen molar-refractivity contribution in [3.63, 3.8) is 0 Å². The molecule has 2 aromatic carbocycles. The minimum atomic E-state index is -1.94. The summed E-state index contributed by atoms with van der Waals surface area (Å²) < 4.78 is 21.2. The molecule has 1 fully saturated rings. The Morgan fingerprint density at radius 2 is 1.71 bits per heavy atom. The molecule has 1 aromatic heterocycles. The molecule has 0 saturated carbocycles. The van der Waals surface area contributed by atoms with Crippen molar-refractivity contribution in [3.05, 3.63) is 52.7 Å². The molecule has 6 N–H and O–H groups in total. The molecule has 4 rings (SSSR count). The van der Waals surface area contributed by atoms with Crippen LogP contribution in [0.5, 0.6) is 17.2 Å². The first-order chi connectivity index (χ1) is 18.1. The summed E-state index contributed by atoms with van der Waals surface area (Å²) in [6.45, 7) is 1.10. The lowest BCUT2D eigenvalue weighted by Crippen LogP contribution is -2.63. The third kappa shape index (κ3) is 5.26. The molecule has 5 atom stereocenters. The number of benzene rings is 2. The van der Waals surface area contributed by atoms with Crippen molar-refractivity contribution >= 4 is 22.8 Å². The van der Waals surface area contributed by atoms with E-state index < -0.39 is 71.8 Å². The van der Waals surface area contributed by atoms with Crippen LogP contribution in [-0.4, -0.2) is 81.3 Å². The molecule has 0 radical (unpaired) electrons. The highest BCUT2D eigenvalue weighted by Gasteiger charge is 2.48. The number of hydrogen-bond donors (Lipinski definition) is 6. The predicted molar refractivity (Wildman–Crippen MR) is 128 cm³/mol. The van der Waals surface area contributed by atoms with E-state index >= 15 is 0 Å². The summed E-state index contributed by atoms with van der Waals surface area (Å²) >= 11 is 0. The highest BCUT2D eigenvalue weighted by Crippen LogP contribution is 2.42. The highest BCUT2D eigenvalue weighted by atomic mass is 16.7. The van der Waals surface area contributed by atoms with Crippen LogP contribution in [0.25, 0.3) is 22.3 Å². The predicted octanol–water partition coefficient (Wildman–Crippen LogP) is -0.263. The van der Waals surface area contributed by atoms with E-state index in [1.165, 1.54) is 0 Å². The van der Waals surface area contributed by atoms with Crippen molar-refractivity contribution in [3.8, 4) is 28.6 Å². The fraction of sp³-hybridized carbons (Fsp3) is 0.320. The minimum Gasteiger partial charge on any atom is -0.504 e. The number of aliphatic hydroxyl groups is 3. The summed E-state index contributed by atoms with van der Waals surface area (Å²) in [4.78, 5) is 36.7. The van der Waals surface area contributed by atoms with Gasteiger partial charge in [-0.3, -0.25) is 14.4 Å². The van der Waals surface area contributed by atoms with Gasteiger partial charge in [-0.2, -0.15) is 0 Å². The van der Waals surface area contributed by atoms with Gasteiger partial charge >= 0.3 is 5.97 Å². The highest BCUT2D eigenvalue weighted by molar-refractivity contribution is 5.89. The number of phenolic OH excluding ortho intramolecular Hbond substituents is 2. The number of carbonyl (C=O) groups excluding carboxylic acids is 2. The normalized spacial score (nSPS) is 23.1. The lowest BCUT2D eigenvalue weighted by molar-refractivity contribution is -0.267. The third-order valence-electron chi connectivity index (χ3n) is 5.77. The van der Waals surface area contributed by atoms with Crippen LogP contribution >= 0.6 is 0 Å². The van der Waals surface area contributed by atoms with Crippen LogP contribution in [-0.2, 0) is 19.1 Å². The number of hydrogen-bond acceptors (Lipinski definition) is 12. The first-order valence-electron chi connectivity index (χ1n) is 11.5. The van der Waals surface area contributed by atoms with E-state index in [0.29, 0.717) is 5.56 Å². The van der Waals surface area contributed by atoms with E-state index in [9.17, 15) is 39.9 Å². The molecule has 202 valence electrons. The summed E-state index contributed by atoms with van der Waals surface area (Å²) in [6.07, 6.45) is -9.41. The van der Waals surface area contributed by atoms with E-state index in [4.69, 9.17) is 18.6 Å². The molecule has 0 spiro atoms. The van der Waals surface area contributed by atoms with Crippen molar-refractivity contribution < 1.29 is 53.7 Å². The number of fused-ring (bicyclic) bond motifs is 1. The Bertz CT molecular complexity index is 1390. The second-order valence-corrected chi connectivity index (χ2v) is 8.32. The summed E-state index contributed by atoms with van der Waals surface area (Å²) in [5.74, 6) is -3.93. The summed E-state index contributed by atoms with van der Waals surface area (Å²) in [5.41, 5.74) is -0.284. The van der Waals surface area contributed by atoms with Gasteiger partial charge < -0.3 is 49.5 Å². The van der Waals surface area contributed by atoms with Gasteiger partial charge in [0, 0.05) is 17.7 Å². The molecule has 3 aromatic rings. The standard InChI is InChI=1S/C25H25NO12/c1-2-35-16(28)10-26-24(34)23-21(32)20(31)22(33)25(38-23)37-15-9-14-17(19(30)18(15)29)12(27)8-13(36-14)11-6-4-3-5-7-11/h3-9,20-23,25,29-33H,2,10H2,1H3,(H,26,34). The molecule has 1 saturated heterocycles. The number of phenols is 2. The molecule has 5 unspecified atom stereocenters. The number of esters is 1. The molecule has 13 nitrogen and oxygen atoms in total. The lowest BCUT2D eigenvalue weighted by atomic mass is 9.98. The second kappa shape index (κ2) is 11.1. The number of rotatable bonds is 7. The van der Waals surface area contributed by atoms with Crippen molar-refractivity contribution in [2.24, 2.45) is 0 Å². The van der Waals surface area contributed by atoms with Crippen LogP contribution in [0.3, 0.4) is 0 Å². The molecular formula is C25H25NO12. The molecule has 38 heavy (non-hydrogen) atoms. The zero-order valence-electron chi connectivity index (χ0n) is 19.9. The number of amides is 1. The van der Waals surface area contributed by atoms with Gasteiger partial charge in [-0.15, -0.1) is 0 Å². The molecule has 13 heteroatoms. The SMILES string of the molecule is CCOC(=O)CNC(=O)C1OC(Oc2cc3oc(-c4ccccc4)cc(=O)c3c(O)c2O)C(O)C(O)C1O. The average Bonchev–Trinajstić information content (AvgIpc) is 2.90. The van der Waals surface area contributed by atoms with Crippen molar-refractivity contribution in [2.45, 2.75) is 37.6 Å². The quantitative estimate of drug-likeness (QED) is 0.172. The van der Waals surface area contributed by atoms with E-state index in [1.54, 1.807) is 37.3 Å². The van der Waals surface area contributed by atoms with Crippen LogP contribution in [0.1, 0.15) is 6.92 Å². The van der Waals surface area contributed by atoms with Crippen molar-refractivity contribution in [1.29, 1.82) is 0 Å². The molecule has 0 aliphatic carbocycles. The molecule has 1 aliphatic heterocycles. The number of ether oxygens (including phenoxy) is 3. The first kappa shape index (κ1) is 26.9. The molecule has 0 bridgehead atoms. The topological polar surface area (TPSA) is 205 Å². The Hall–Kier alpha value is -4.17. The molecule has 1 aliphatic rings. The number of aliphatic hydroxyl groups excluding tert-OH is 3. The summed E-state index contributed by atoms with van der Waals surface area (Å²) in [5, 5.41) is 53.7. The van der Waals surface area contributed by atoms with Crippen LogP contribution in [0, 0.1) is 0 Å². The zero-order valence-corrected chi connectivity index (χ0v) is 19.9. The largest absolute Gasteiger partial charge is 0.504 e. The van der Waals surface area contributed by atoms with Gasteiger partial charge in [-0.25, -0.2) is 0 Å². The molecular weight excluding hydrogens is 506 g/mol. The van der Waals surface area contributed by atoms with Gasteiger partial charge in [0.05, 0.1) is 6.61 Å². The van der Waals surface area contributed by atoms with Gasteiger partial charge in [0.25, 0.3) is 5.91 Å². The van der Waals surface area contributed by atoms with Gasteiger partial charge in [-0.05, 0) is 6.92 Å². The average molecular weight is 531 g/mol. The van der Waals surface area contributed by atoms with Gasteiger partial charge in [0.2, 0.25) is 12.0 Å². The van der Waals surface area contributed by atoms with Crippen molar-refractivity contribution in [2.75, 3.05) is 13.2 Å². The Morgan fingerprint density at radius 1 is 1.00 bits per heavy atom. The maximum absolute atomic E-state index is 12.7. The fourth-order valence-corrected chi connectivity index (χ4v) is 3.86. The monoisotopic (exact) mass is 531 g/mol. The summed E-state index contributed by atoms with van der Waals surface area (Å²) in [7, 11) is 0.